The molecule has 2 N–H and O–H groups in total. The molecule has 2 amide bonds. The van der Waals surface area contributed by atoms with E-state index >= 15 is 0 Å². The third-order valence-electron chi connectivity index (χ3n) is 4.10. The maximum absolute atomic E-state index is 13.4. The summed E-state index contributed by atoms with van der Waals surface area (Å²) in [7, 11) is 0. The molecule has 0 radical (unpaired) electrons. The van der Waals surface area contributed by atoms with Gasteiger partial charge in [0.2, 0.25) is 17.7 Å². The molecule has 6 nitrogen and oxygen atoms in total. The Labute approximate surface area is 152 Å². The van der Waals surface area contributed by atoms with Gasteiger partial charge in [0, 0.05) is 12.1 Å². The van der Waals surface area contributed by atoms with Crippen LogP contribution in [0.15, 0.2) is 46.4 Å². The van der Waals surface area contributed by atoms with E-state index in [1.54, 1.807) is 0 Å². The number of thiophene rings is 1. The number of nitrogens with one attached hydrogen (secondary N) is 2. The summed E-state index contributed by atoms with van der Waals surface area (Å²) in [6.07, 6.45) is 1.51. The third kappa shape index (κ3) is 3.23. The van der Waals surface area contributed by atoms with Crippen LogP contribution in [-0.4, -0.2) is 16.8 Å². The Hall–Kier alpha value is -3.00. The van der Waals surface area contributed by atoms with E-state index in [2.05, 4.69) is 15.6 Å². The van der Waals surface area contributed by atoms with Gasteiger partial charge in [-0.05, 0) is 29.1 Å². The normalized spacial score (nSPS) is 16.0. The Bertz CT molecular complexity index is 968. The first kappa shape index (κ1) is 16.5. The summed E-state index contributed by atoms with van der Waals surface area (Å²) in [5.74, 6) is -1.25. The summed E-state index contributed by atoms with van der Waals surface area (Å²) >= 11 is 1.51. The van der Waals surface area contributed by atoms with Crippen molar-refractivity contribution in [2.24, 2.45) is 0 Å². The van der Waals surface area contributed by atoms with Crippen LogP contribution >= 0.6 is 11.3 Å². The smallest absolute Gasteiger partial charge is 0.236 e. The van der Waals surface area contributed by atoms with Gasteiger partial charge in [0.1, 0.15) is 12.1 Å². The Balaban J connectivity index is 1.46. The number of hydrogen-bond acceptors (Lipinski definition) is 5. The number of halogens is 1. The highest BCUT2D eigenvalue weighted by Crippen LogP contribution is 2.33. The van der Waals surface area contributed by atoms with Gasteiger partial charge in [-0.2, -0.15) is 0 Å². The summed E-state index contributed by atoms with van der Waals surface area (Å²) in [5.41, 5.74) is 1.52. The molecule has 1 aliphatic rings. The van der Waals surface area contributed by atoms with Crippen molar-refractivity contribution in [2.45, 2.75) is 18.9 Å². The van der Waals surface area contributed by atoms with Gasteiger partial charge in [0.05, 0.1) is 23.0 Å². The van der Waals surface area contributed by atoms with E-state index in [4.69, 9.17) is 4.42 Å². The molecule has 132 valence electrons. The predicted molar refractivity (Wildman–Crippen MR) is 94.1 cm³/mol. The van der Waals surface area contributed by atoms with Crippen LogP contribution in [0.25, 0.3) is 10.8 Å². The third-order valence-corrected chi connectivity index (χ3v) is 4.96. The number of oxazole rings is 1. The summed E-state index contributed by atoms with van der Waals surface area (Å²) < 4.78 is 18.8. The van der Waals surface area contributed by atoms with Gasteiger partial charge in [-0.15, -0.1) is 11.3 Å². The molecule has 4 rings (SSSR count). The predicted octanol–water partition coefficient (Wildman–Crippen LogP) is 3.28. The van der Waals surface area contributed by atoms with Crippen LogP contribution in [0.1, 0.15) is 23.6 Å². The quantitative estimate of drug-likeness (QED) is 0.737. The van der Waals surface area contributed by atoms with Gasteiger partial charge >= 0.3 is 0 Å². The lowest BCUT2D eigenvalue weighted by Crippen LogP contribution is -2.34. The minimum Gasteiger partial charge on any atom is -0.443 e. The Morgan fingerprint density at radius 2 is 2.31 bits per heavy atom. The molecule has 0 bridgehead atoms. The lowest BCUT2D eigenvalue weighted by atomic mass is 9.89. The number of rotatable bonds is 4. The van der Waals surface area contributed by atoms with Crippen molar-refractivity contribution in [1.29, 1.82) is 0 Å². The SMILES string of the molecule is O=C1C[C@@H](C(=O)NCc2coc(-c3cccs3)n2)c2ccc(F)cc2N1. The fourth-order valence-corrected chi connectivity index (χ4v) is 3.53. The first-order valence-electron chi connectivity index (χ1n) is 7.95. The molecule has 26 heavy (non-hydrogen) atoms. The molecule has 0 aliphatic carbocycles. The van der Waals surface area contributed by atoms with Crippen LogP contribution in [0.2, 0.25) is 0 Å². The van der Waals surface area contributed by atoms with Crippen LogP contribution < -0.4 is 10.6 Å². The standard InChI is InChI=1S/C18H14FN3O3S/c19-10-3-4-12-13(7-16(23)22-14(12)6-10)17(24)20-8-11-9-25-18(21-11)15-2-1-5-26-15/h1-6,9,13H,7-8H2,(H,20,24)(H,22,23)/t13-/m1/s1. The van der Waals surface area contributed by atoms with Crippen molar-refractivity contribution in [1.82, 2.24) is 10.3 Å². The molecule has 1 aliphatic heterocycles. The zero-order valence-corrected chi connectivity index (χ0v) is 14.3. The van der Waals surface area contributed by atoms with Crippen molar-refractivity contribution in [2.75, 3.05) is 5.32 Å². The van der Waals surface area contributed by atoms with E-state index in [1.807, 2.05) is 17.5 Å². The fraction of sp³-hybridized carbons (Fsp3) is 0.167. The van der Waals surface area contributed by atoms with E-state index in [0.29, 0.717) is 22.8 Å². The van der Waals surface area contributed by atoms with Gasteiger partial charge in [-0.3, -0.25) is 9.59 Å². The molecule has 0 saturated carbocycles. The van der Waals surface area contributed by atoms with Crippen molar-refractivity contribution >= 4 is 28.8 Å². The van der Waals surface area contributed by atoms with Crippen molar-refractivity contribution in [3.05, 3.63) is 59.0 Å². The largest absolute Gasteiger partial charge is 0.443 e. The topological polar surface area (TPSA) is 84.2 Å². The number of hydrogen-bond donors (Lipinski definition) is 2. The van der Waals surface area contributed by atoms with Gasteiger partial charge in [-0.1, -0.05) is 12.1 Å². The minimum atomic E-state index is -0.664. The minimum absolute atomic E-state index is 0.0176. The molecule has 0 unspecified atom stereocenters. The monoisotopic (exact) mass is 371 g/mol. The second-order valence-corrected chi connectivity index (χ2v) is 6.82. The second-order valence-electron chi connectivity index (χ2n) is 5.88. The molecule has 8 heteroatoms. The zero-order valence-electron chi connectivity index (χ0n) is 13.5. The van der Waals surface area contributed by atoms with Crippen LogP contribution in [0.5, 0.6) is 0 Å². The highest BCUT2D eigenvalue weighted by atomic mass is 32.1. The molecule has 0 saturated heterocycles. The van der Waals surface area contributed by atoms with E-state index in [9.17, 15) is 14.0 Å². The van der Waals surface area contributed by atoms with Crippen LogP contribution in [0.3, 0.4) is 0 Å². The average Bonchev–Trinajstić information content (AvgIpc) is 3.29. The molecule has 1 aromatic carbocycles. The Morgan fingerprint density at radius 3 is 3.12 bits per heavy atom. The first-order valence-corrected chi connectivity index (χ1v) is 8.83. The average molecular weight is 371 g/mol. The highest BCUT2D eigenvalue weighted by Gasteiger charge is 2.30. The van der Waals surface area contributed by atoms with Crippen molar-refractivity contribution < 1.29 is 18.4 Å². The molecule has 0 fully saturated rings. The highest BCUT2D eigenvalue weighted by molar-refractivity contribution is 7.13. The van der Waals surface area contributed by atoms with Gasteiger partial charge in [0.15, 0.2) is 0 Å². The summed E-state index contributed by atoms with van der Waals surface area (Å²) in [6.45, 7) is 0.183. The number of nitrogens with zero attached hydrogens (tertiary/aromatic N) is 1. The van der Waals surface area contributed by atoms with E-state index in [0.717, 1.165) is 4.88 Å². The number of anilines is 1. The lowest BCUT2D eigenvalue weighted by molar-refractivity contribution is -0.126. The number of carbonyl (C=O) groups excluding carboxylic acids is 2. The van der Waals surface area contributed by atoms with E-state index in [-0.39, 0.29) is 24.8 Å². The number of fused-ring (bicyclic) bond motifs is 1. The number of aromatic nitrogens is 1. The number of amides is 2. The van der Waals surface area contributed by atoms with E-state index < -0.39 is 11.7 Å². The Morgan fingerprint density at radius 1 is 1.42 bits per heavy atom. The molecule has 3 aromatic rings. The van der Waals surface area contributed by atoms with Gasteiger partial charge < -0.3 is 15.1 Å². The molecular formula is C18H14FN3O3S. The molecule has 2 aromatic heterocycles. The zero-order chi connectivity index (χ0) is 18.1. The molecular weight excluding hydrogens is 357 g/mol. The van der Waals surface area contributed by atoms with Gasteiger partial charge in [0.25, 0.3) is 0 Å². The van der Waals surface area contributed by atoms with Gasteiger partial charge in [-0.25, -0.2) is 9.37 Å². The van der Waals surface area contributed by atoms with Crippen LogP contribution in [-0.2, 0) is 16.1 Å². The Kier molecular flexibility index (Phi) is 4.26. The van der Waals surface area contributed by atoms with Crippen LogP contribution in [0.4, 0.5) is 10.1 Å². The molecule has 1 atom stereocenters. The second kappa shape index (κ2) is 6.72. The van der Waals surface area contributed by atoms with Crippen molar-refractivity contribution in [3.8, 4) is 10.8 Å². The number of carbonyl (C=O) groups is 2. The van der Waals surface area contributed by atoms with E-state index in [1.165, 1.54) is 35.8 Å². The summed E-state index contributed by atoms with van der Waals surface area (Å²) in [4.78, 5) is 29.6. The maximum Gasteiger partial charge on any atom is 0.236 e. The van der Waals surface area contributed by atoms with Crippen LogP contribution in [0, 0.1) is 5.82 Å². The fourth-order valence-electron chi connectivity index (χ4n) is 2.87. The lowest BCUT2D eigenvalue weighted by Gasteiger charge is -2.24. The molecule has 3 heterocycles. The maximum atomic E-state index is 13.4. The summed E-state index contributed by atoms with van der Waals surface area (Å²) in [5, 5.41) is 7.29. The first-order chi connectivity index (χ1) is 12.6. The van der Waals surface area contributed by atoms with Crippen molar-refractivity contribution in [3.63, 3.8) is 0 Å². The summed E-state index contributed by atoms with van der Waals surface area (Å²) in [6, 6.07) is 7.83. The molecule has 0 spiro atoms. The number of benzene rings is 1.